The van der Waals surface area contributed by atoms with E-state index < -0.39 is 17.9 Å². The summed E-state index contributed by atoms with van der Waals surface area (Å²) in [7, 11) is 0. The van der Waals surface area contributed by atoms with Crippen LogP contribution in [0.3, 0.4) is 0 Å². The van der Waals surface area contributed by atoms with Crippen LogP contribution < -0.4 is 0 Å². The molecule has 5 heteroatoms. The predicted octanol–water partition coefficient (Wildman–Crippen LogP) is 2.57. The molecule has 1 aromatic rings. The predicted molar refractivity (Wildman–Crippen MR) is 68.4 cm³/mol. The van der Waals surface area contributed by atoms with Crippen molar-refractivity contribution in [3.8, 4) is 0 Å². The number of furan rings is 1. The Morgan fingerprint density at radius 2 is 2.16 bits per heavy atom. The molecule has 0 saturated carbocycles. The van der Waals surface area contributed by atoms with Gasteiger partial charge in [-0.05, 0) is 25.5 Å². The highest BCUT2D eigenvalue weighted by Crippen LogP contribution is 2.20. The van der Waals surface area contributed by atoms with Crippen LogP contribution in [0.4, 0.5) is 0 Å². The number of hydrogen-bond acceptors (Lipinski definition) is 5. The van der Waals surface area contributed by atoms with Crippen molar-refractivity contribution in [3.63, 3.8) is 0 Å². The van der Waals surface area contributed by atoms with E-state index in [-0.39, 0.29) is 6.79 Å². The van der Waals surface area contributed by atoms with Gasteiger partial charge in [0.1, 0.15) is 17.4 Å². The van der Waals surface area contributed by atoms with Gasteiger partial charge < -0.3 is 13.9 Å². The molecular formula is C14H18O5. The Bertz CT molecular complexity index is 446. The Labute approximate surface area is 112 Å². The summed E-state index contributed by atoms with van der Waals surface area (Å²) in [4.78, 5) is 22.2. The van der Waals surface area contributed by atoms with Crippen LogP contribution in [-0.4, -0.2) is 18.7 Å². The minimum atomic E-state index is -0.534. The molecule has 1 atom stereocenters. The van der Waals surface area contributed by atoms with Crippen molar-refractivity contribution in [1.82, 2.24) is 0 Å². The molecule has 1 heterocycles. The smallest absolute Gasteiger partial charge is 0.319 e. The second kappa shape index (κ2) is 7.41. The van der Waals surface area contributed by atoms with Crippen LogP contribution in [0.25, 0.3) is 0 Å². The van der Waals surface area contributed by atoms with Crippen molar-refractivity contribution >= 4 is 11.9 Å². The van der Waals surface area contributed by atoms with Crippen molar-refractivity contribution in [2.24, 2.45) is 0 Å². The Kier molecular flexibility index (Phi) is 5.85. The number of allylic oxidation sites excluding steroid dienone is 1. The summed E-state index contributed by atoms with van der Waals surface area (Å²) in [5.74, 6) is -0.189. The number of esters is 2. The van der Waals surface area contributed by atoms with Gasteiger partial charge in [0, 0.05) is 13.3 Å². The third-order valence-corrected chi connectivity index (χ3v) is 2.52. The van der Waals surface area contributed by atoms with Crippen molar-refractivity contribution in [2.75, 3.05) is 6.79 Å². The Morgan fingerprint density at radius 3 is 2.79 bits per heavy atom. The zero-order chi connectivity index (χ0) is 14.3. The molecule has 5 nitrogen and oxygen atoms in total. The summed E-state index contributed by atoms with van der Waals surface area (Å²) in [6, 6.07) is 3.57. The van der Waals surface area contributed by atoms with Crippen molar-refractivity contribution in [3.05, 3.63) is 36.3 Å². The monoisotopic (exact) mass is 266 g/mol. The highest BCUT2D eigenvalue weighted by molar-refractivity contribution is 5.77. The molecule has 1 rings (SSSR count). The molecule has 0 aliphatic rings. The normalized spacial score (nSPS) is 11.7. The van der Waals surface area contributed by atoms with Crippen LogP contribution in [0, 0.1) is 0 Å². The average Bonchev–Trinajstić information content (AvgIpc) is 2.83. The third-order valence-electron chi connectivity index (χ3n) is 2.52. The van der Waals surface area contributed by atoms with Gasteiger partial charge in [0.15, 0.2) is 0 Å². The largest absolute Gasteiger partial charge is 0.465 e. The highest BCUT2D eigenvalue weighted by Gasteiger charge is 2.20. The molecule has 19 heavy (non-hydrogen) atoms. The molecule has 0 radical (unpaired) electrons. The van der Waals surface area contributed by atoms with Crippen molar-refractivity contribution < 1.29 is 23.5 Å². The van der Waals surface area contributed by atoms with Gasteiger partial charge in [-0.3, -0.25) is 9.59 Å². The fourth-order valence-electron chi connectivity index (χ4n) is 1.42. The highest BCUT2D eigenvalue weighted by atomic mass is 16.7. The van der Waals surface area contributed by atoms with Gasteiger partial charge in [0.05, 0.1) is 0 Å². The Morgan fingerprint density at radius 1 is 1.42 bits per heavy atom. The lowest BCUT2D eigenvalue weighted by Crippen LogP contribution is -2.16. The molecule has 0 aliphatic carbocycles. The van der Waals surface area contributed by atoms with Gasteiger partial charge in [0.25, 0.3) is 0 Å². The van der Waals surface area contributed by atoms with Gasteiger partial charge in [-0.25, -0.2) is 0 Å². The molecule has 0 N–H and O–H groups in total. The van der Waals surface area contributed by atoms with E-state index in [1.54, 1.807) is 19.1 Å². The van der Waals surface area contributed by atoms with E-state index in [2.05, 4.69) is 11.3 Å². The Hall–Kier alpha value is -2.04. The molecular weight excluding hydrogens is 248 g/mol. The first-order valence-corrected chi connectivity index (χ1v) is 6.04. The summed E-state index contributed by atoms with van der Waals surface area (Å²) in [5, 5.41) is 0. The molecule has 0 aliphatic heterocycles. The summed E-state index contributed by atoms with van der Waals surface area (Å²) < 4.78 is 14.9. The quantitative estimate of drug-likeness (QED) is 0.431. The minimum Gasteiger partial charge on any atom is -0.465 e. The van der Waals surface area contributed by atoms with E-state index in [4.69, 9.17) is 9.15 Å². The maximum atomic E-state index is 11.7. The standard InChI is InChI=1S/C14H18O5/c1-4-5-6-12-7-8-13(19-12)10(2)14(16)18-9-17-11(3)15/h4,7-8,10H,1,5-6,9H2,2-3H3. The zero-order valence-electron chi connectivity index (χ0n) is 11.2. The van der Waals surface area contributed by atoms with Crippen molar-refractivity contribution in [1.29, 1.82) is 0 Å². The second-order valence-electron chi connectivity index (χ2n) is 4.07. The molecule has 1 aromatic heterocycles. The number of hydrogen-bond donors (Lipinski definition) is 0. The first kappa shape index (κ1) is 15.0. The molecule has 0 fully saturated rings. The SMILES string of the molecule is C=CCCc1ccc(C(C)C(=O)OCOC(C)=O)o1. The van der Waals surface area contributed by atoms with Gasteiger partial charge in [-0.1, -0.05) is 6.08 Å². The maximum absolute atomic E-state index is 11.7. The lowest BCUT2D eigenvalue weighted by molar-refractivity contribution is -0.166. The molecule has 1 unspecified atom stereocenters. The molecule has 104 valence electrons. The number of carbonyl (C=O) groups is 2. The van der Waals surface area contributed by atoms with Crippen LogP contribution in [0.1, 0.15) is 37.7 Å². The van der Waals surface area contributed by atoms with E-state index >= 15 is 0 Å². The molecule has 0 bridgehead atoms. The number of rotatable bonds is 7. The molecule has 0 aromatic carbocycles. The number of carbonyl (C=O) groups excluding carboxylic acids is 2. The summed E-state index contributed by atoms with van der Waals surface area (Å²) in [5.41, 5.74) is 0. The van der Waals surface area contributed by atoms with Crippen LogP contribution in [-0.2, 0) is 25.5 Å². The van der Waals surface area contributed by atoms with Crippen LogP contribution >= 0.6 is 0 Å². The van der Waals surface area contributed by atoms with Gasteiger partial charge in [-0.15, -0.1) is 6.58 Å². The minimum absolute atomic E-state index is 0.372. The zero-order valence-corrected chi connectivity index (χ0v) is 11.2. The van der Waals surface area contributed by atoms with Crippen LogP contribution in [0.5, 0.6) is 0 Å². The molecule has 0 spiro atoms. The summed E-state index contributed by atoms with van der Waals surface area (Å²) >= 11 is 0. The number of aryl methyl sites for hydroxylation is 1. The first-order chi connectivity index (χ1) is 9.04. The molecule has 0 amide bonds. The van der Waals surface area contributed by atoms with E-state index in [1.807, 2.05) is 6.07 Å². The maximum Gasteiger partial charge on any atom is 0.319 e. The first-order valence-electron chi connectivity index (χ1n) is 6.04. The Balaban J connectivity index is 2.49. The van der Waals surface area contributed by atoms with E-state index in [0.29, 0.717) is 5.76 Å². The topological polar surface area (TPSA) is 65.7 Å². The van der Waals surface area contributed by atoms with Crippen LogP contribution in [0.15, 0.2) is 29.2 Å². The number of ether oxygens (including phenoxy) is 2. The van der Waals surface area contributed by atoms with E-state index in [1.165, 1.54) is 6.92 Å². The van der Waals surface area contributed by atoms with Gasteiger partial charge >= 0.3 is 11.9 Å². The second-order valence-corrected chi connectivity index (χ2v) is 4.07. The fraction of sp³-hybridized carbons (Fsp3) is 0.429. The van der Waals surface area contributed by atoms with Crippen LogP contribution in [0.2, 0.25) is 0 Å². The fourth-order valence-corrected chi connectivity index (χ4v) is 1.42. The summed E-state index contributed by atoms with van der Waals surface area (Å²) in [6.45, 7) is 6.18. The van der Waals surface area contributed by atoms with E-state index in [9.17, 15) is 9.59 Å². The average molecular weight is 266 g/mol. The lowest BCUT2D eigenvalue weighted by Gasteiger charge is -2.08. The summed E-state index contributed by atoms with van der Waals surface area (Å²) in [6.07, 6.45) is 3.37. The van der Waals surface area contributed by atoms with Crippen molar-refractivity contribution in [2.45, 2.75) is 32.6 Å². The van der Waals surface area contributed by atoms with Gasteiger partial charge in [0.2, 0.25) is 6.79 Å². The van der Waals surface area contributed by atoms with E-state index in [0.717, 1.165) is 18.6 Å². The molecule has 0 saturated heterocycles. The lowest BCUT2D eigenvalue weighted by atomic mass is 10.1. The third kappa shape index (κ3) is 4.99. The van der Waals surface area contributed by atoms with Gasteiger partial charge in [-0.2, -0.15) is 0 Å².